The predicted molar refractivity (Wildman–Crippen MR) is 91.5 cm³/mol. The average Bonchev–Trinajstić information content (AvgIpc) is 2.76. The van der Waals surface area contributed by atoms with Crippen LogP contribution in [0.5, 0.6) is 0 Å². The minimum atomic E-state index is -0.232. The van der Waals surface area contributed by atoms with Gasteiger partial charge in [0, 0.05) is 51.0 Å². The Labute approximate surface area is 139 Å². The molecular weight excluding hydrogens is 367 g/mol. The van der Waals surface area contributed by atoms with Gasteiger partial charge in [0.2, 0.25) is 0 Å². The summed E-state index contributed by atoms with van der Waals surface area (Å²) < 4.78 is 7.84. The molecule has 1 atom stereocenters. The molecule has 1 aliphatic heterocycles. The number of aromatic nitrogens is 2. The van der Waals surface area contributed by atoms with E-state index in [2.05, 4.69) is 42.3 Å². The molecule has 1 aromatic rings. The smallest absolute Gasteiger partial charge is 0.106 e. The van der Waals surface area contributed by atoms with Gasteiger partial charge in [-0.1, -0.05) is 13.8 Å². The Morgan fingerprint density at radius 1 is 1.50 bits per heavy atom. The molecule has 1 saturated heterocycles. The summed E-state index contributed by atoms with van der Waals surface area (Å²) >= 11 is 0. The van der Waals surface area contributed by atoms with Gasteiger partial charge in [-0.05, 0) is 6.92 Å². The monoisotopic (exact) mass is 394 g/mol. The van der Waals surface area contributed by atoms with Gasteiger partial charge in [0.1, 0.15) is 5.60 Å². The summed E-state index contributed by atoms with van der Waals surface area (Å²) in [6.07, 6.45) is 3.96. The number of hydrogen-bond donors (Lipinski definition) is 1. The number of ether oxygens (including phenoxy) is 1. The van der Waals surface area contributed by atoms with Gasteiger partial charge in [0.15, 0.2) is 0 Å². The lowest BCUT2D eigenvalue weighted by Gasteiger charge is -2.40. The van der Waals surface area contributed by atoms with E-state index in [1.54, 1.807) is 0 Å². The van der Waals surface area contributed by atoms with Crippen molar-refractivity contribution in [1.82, 2.24) is 20.0 Å². The summed E-state index contributed by atoms with van der Waals surface area (Å²) in [7, 11) is 1.94. The predicted octanol–water partition coefficient (Wildman–Crippen LogP) is 1.58. The lowest BCUT2D eigenvalue weighted by atomic mass is 9.97. The van der Waals surface area contributed by atoms with Crippen LogP contribution in [-0.2, 0) is 17.4 Å². The van der Waals surface area contributed by atoms with Crippen molar-refractivity contribution >= 4 is 24.0 Å². The summed E-state index contributed by atoms with van der Waals surface area (Å²) in [6, 6.07) is 0.547. The normalized spacial score (nSPS) is 23.9. The fraction of sp³-hybridized carbons (Fsp3) is 0.786. The highest BCUT2D eigenvalue weighted by atomic mass is 127. The topological polar surface area (TPSA) is 42.3 Å². The van der Waals surface area contributed by atoms with E-state index in [-0.39, 0.29) is 29.6 Å². The third-order valence-electron chi connectivity index (χ3n) is 3.65. The van der Waals surface area contributed by atoms with Crippen LogP contribution < -0.4 is 5.32 Å². The highest BCUT2D eigenvalue weighted by Crippen LogP contribution is 2.28. The molecule has 2 rings (SSSR count). The second kappa shape index (κ2) is 7.72. The molecular formula is C14H27IN4O. The molecule has 0 aliphatic carbocycles. The molecule has 0 spiro atoms. The highest BCUT2D eigenvalue weighted by molar-refractivity contribution is 14.0. The number of rotatable bonds is 5. The molecule has 116 valence electrons. The number of morpholine rings is 1. The van der Waals surface area contributed by atoms with E-state index in [1.165, 1.54) is 0 Å². The molecule has 5 nitrogen and oxygen atoms in total. The van der Waals surface area contributed by atoms with Crippen molar-refractivity contribution < 1.29 is 4.74 Å². The fourth-order valence-electron chi connectivity index (χ4n) is 2.52. The third-order valence-corrected chi connectivity index (χ3v) is 3.65. The lowest BCUT2D eigenvalue weighted by Crippen LogP contribution is -2.50. The van der Waals surface area contributed by atoms with E-state index in [9.17, 15) is 0 Å². The summed E-state index contributed by atoms with van der Waals surface area (Å²) in [4.78, 5) is 2.46. The zero-order valence-corrected chi connectivity index (χ0v) is 15.3. The zero-order chi connectivity index (χ0) is 13.9. The second-order valence-corrected chi connectivity index (χ2v) is 5.87. The van der Waals surface area contributed by atoms with Crippen LogP contribution in [-0.4, -0.2) is 53.5 Å². The first-order valence-corrected chi connectivity index (χ1v) is 7.08. The van der Waals surface area contributed by atoms with Gasteiger partial charge in [-0.15, -0.1) is 24.0 Å². The number of nitrogens with one attached hydrogen (secondary N) is 1. The van der Waals surface area contributed by atoms with Crippen LogP contribution in [0.25, 0.3) is 0 Å². The Balaban J connectivity index is 0.00000200. The molecule has 2 heterocycles. The van der Waals surface area contributed by atoms with E-state index >= 15 is 0 Å². The largest absolute Gasteiger partial charge is 0.368 e. The van der Waals surface area contributed by atoms with Crippen molar-refractivity contribution in [2.24, 2.45) is 7.05 Å². The van der Waals surface area contributed by atoms with E-state index in [0.717, 1.165) is 38.3 Å². The van der Waals surface area contributed by atoms with E-state index in [0.29, 0.717) is 6.04 Å². The number of hydrogen-bond acceptors (Lipinski definition) is 4. The van der Waals surface area contributed by atoms with Crippen molar-refractivity contribution in [3.63, 3.8) is 0 Å². The summed E-state index contributed by atoms with van der Waals surface area (Å²) in [5.41, 5.74) is 0.932. The first-order valence-electron chi connectivity index (χ1n) is 7.08. The van der Waals surface area contributed by atoms with Crippen LogP contribution in [0.1, 0.15) is 26.3 Å². The van der Waals surface area contributed by atoms with Crippen LogP contribution in [0.2, 0.25) is 0 Å². The highest BCUT2D eigenvalue weighted by Gasteiger charge is 2.34. The van der Waals surface area contributed by atoms with Gasteiger partial charge in [0.05, 0.1) is 12.8 Å². The maximum atomic E-state index is 6.01. The summed E-state index contributed by atoms with van der Waals surface area (Å²) in [6.45, 7) is 11.3. The molecule has 20 heavy (non-hydrogen) atoms. The molecule has 1 aromatic heterocycles. The van der Waals surface area contributed by atoms with Crippen LogP contribution in [0, 0.1) is 0 Å². The average molecular weight is 394 g/mol. The Morgan fingerprint density at radius 2 is 2.25 bits per heavy atom. The Kier molecular flexibility index (Phi) is 6.90. The molecule has 0 amide bonds. The number of aryl methyl sites for hydroxylation is 1. The van der Waals surface area contributed by atoms with Crippen molar-refractivity contribution in [2.45, 2.75) is 32.4 Å². The standard InChI is InChI=1S/C14H26N4O.HI/c1-12(2)15-5-6-18-7-8-19-14(3,11-18)13-9-16-17(4)10-13;/h9-10,12,15H,5-8,11H2,1-4H3;1H. The van der Waals surface area contributed by atoms with Crippen LogP contribution in [0.3, 0.4) is 0 Å². The van der Waals surface area contributed by atoms with Crippen LogP contribution in [0.15, 0.2) is 12.4 Å². The van der Waals surface area contributed by atoms with Gasteiger partial charge >= 0.3 is 0 Å². The maximum Gasteiger partial charge on any atom is 0.106 e. The molecule has 0 bridgehead atoms. The first kappa shape index (κ1) is 17.9. The second-order valence-electron chi connectivity index (χ2n) is 5.87. The summed E-state index contributed by atoms with van der Waals surface area (Å²) in [5, 5.41) is 7.72. The fourth-order valence-corrected chi connectivity index (χ4v) is 2.52. The number of halogens is 1. The maximum absolute atomic E-state index is 6.01. The van der Waals surface area contributed by atoms with Crippen LogP contribution >= 0.6 is 24.0 Å². The quantitative estimate of drug-likeness (QED) is 0.771. The third kappa shape index (κ3) is 4.68. The first-order chi connectivity index (χ1) is 8.99. The molecule has 0 aromatic carbocycles. The molecule has 0 radical (unpaired) electrons. The lowest BCUT2D eigenvalue weighted by molar-refractivity contribution is -0.102. The van der Waals surface area contributed by atoms with E-state index in [4.69, 9.17) is 4.74 Å². The summed E-state index contributed by atoms with van der Waals surface area (Å²) in [5.74, 6) is 0. The SMILES string of the molecule is CC(C)NCCN1CCOC(C)(c2cnn(C)c2)C1.I. The molecule has 6 heteroatoms. The van der Waals surface area contributed by atoms with Crippen molar-refractivity contribution in [3.8, 4) is 0 Å². The van der Waals surface area contributed by atoms with Gasteiger partial charge in [0.25, 0.3) is 0 Å². The minimum absolute atomic E-state index is 0. The van der Waals surface area contributed by atoms with Crippen LogP contribution in [0.4, 0.5) is 0 Å². The van der Waals surface area contributed by atoms with E-state index < -0.39 is 0 Å². The van der Waals surface area contributed by atoms with Gasteiger partial charge in [-0.3, -0.25) is 9.58 Å². The zero-order valence-electron chi connectivity index (χ0n) is 12.9. The van der Waals surface area contributed by atoms with Crippen molar-refractivity contribution in [2.75, 3.05) is 32.8 Å². The van der Waals surface area contributed by atoms with E-state index in [1.807, 2.05) is 17.9 Å². The van der Waals surface area contributed by atoms with Crippen molar-refractivity contribution in [1.29, 1.82) is 0 Å². The molecule has 1 fully saturated rings. The molecule has 0 saturated carbocycles. The van der Waals surface area contributed by atoms with Crippen molar-refractivity contribution in [3.05, 3.63) is 18.0 Å². The van der Waals surface area contributed by atoms with Gasteiger partial charge in [-0.25, -0.2) is 0 Å². The Bertz CT molecular complexity index is 410. The molecule has 1 unspecified atom stereocenters. The molecule has 1 N–H and O–H groups in total. The Hall–Kier alpha value is -0.180. The minimum Gasteiger partial charge on any atom is -0.368 e. The van der Waals surface area contributed by atoms with Gasteiger partial charge in [-0.2, -0.15) is 5.10 Å². The van der Waals surface area contributed by atoms with Gasteiger partial charge < -0.3 is 10.1 Å². The number of nitrogens with zero attached hydrogens (tertiary/aromatic N) is 3. The molecule has 1 aliphatic rings. The Morgan fingerprint density at radius 3 is 2.85 bits per heavy atom.